The highest BCUT2D eigenvalue weighted by Crippen LogP contribution is 2.24. The number of nitrogens with one attached hydrogen (secondary N) is 1. The maximum atomic E-state index is 3.39. The van der Waals surface area contributed by atoms with Gasteiger partial charge in [0.05, 0.1) is 0 Å². The van der Waals surface area contributed by atoms with Crippen molar-refractivity contribution in [1.82, 2.24) is 10.2 Å². The largest absolute Gasteiger partial charge is 0.313 e. The summed E-state index contributed by atoms with van der Waals surface area (Å²) in [5.74, 6) is 0.852. The van der Waals surface area contributed by atoms with Crippen molar-refractivity contribution in [3.8, 4) is 0 Å². The molecule has 2 unspecified atom stereocenters. The van der Waals surface area contributed by atoms with Crippen LogP contribution < -0.4 is 5.32 Å². The van der Waals surface area contributed by atoms with Crippen LogP contribution in [0.15, 0.2) is 24.3 Å². The van der Waals surface area contributed by atoms with Crippen LogP contribution in [0.3, 0.4) is 0 Å². The highest BCUT2D eigenvalue weighted by Gasteiger charge is 2.25. The molecule has 2 nitrogen and oxygen atoms in total. The van der Waals surface area contributed by atoms with Gasteiger partial charge in [0, 0.05) is 25.7 Å². The van der Waals surface area contributed by atoms with E-state index in [2.05, 4.69) is 55.3 Å². The summed E-state index contributed by atoms with van der Waals surface area (Å²) in [7, 11) is 0. The maximum absolute atomic E-state index is 3.39. The summed E-state index contributed by atoms with van der Waals surface area (Å²) in [5.41, 5.74) is 2.85. The zero-order valence-corrected chi connectivity index (χ0v) is 11.9. The Labute approximate surface area is 111 Å². The lowest BCUT2D eigenvalue weighted by Crippen LogP contribution is -2.26. The minimum atomic E-state index is 0.734. The monoisotopic (exact) mass is 246 g/mol. The molecule has 1 saturated heterocycles. The van der Waals surface area contributed by atoms with E-state index in [1.807, 2.05) is 0 Å². The van der Waals surface area contributed by atoms with Gasteiger partial charge < -0.3 is 5.32 Å². The predicted molar refractivity (Wildman–Crippen MR) is 77.5 cm³/mol. The first-order valence-corrected chi connectivity index (χ1v) is 7.21. The average molecular weight is 246 g/mol. The van der Waals surface area contributed by atoms with Gasteiger partial charge >= 0.3 is 0 Å². The van der Waals surface area contributed by atoms with E-state index in [9.17, 15) is 0 Å². The van der Waals surface area contributed by atoms with Crippen LogP contribution in [0.4, 0.5) is 0 Å². The average Bonchev–Trinajstić information content (AvgIpc) is 2.66. The van der Waals surface area contributed by atoms with Crippen LogP contribution in [0, 0.1) is 5.92 Å². The van der Waals surface area contributed by atoms with E-state index in [0.29, 0.717) is 0 Å². The summed E-state index contributed by atoms with van der Waals surface area (Å²) in [5, 5.41) is 3.39. The molecule has 1 aliphatic heterocycles. The zero-order chi connectivity index (χ0) is 13.0. The van der Waals surface area contributed by atoms with Gasteiger partial charge in [0.15, 0.2) is 0 Å². The summed E-state index contributed by atoms with van der Waals surface area (Å²) < 4.78 is 0. The van der Waals surface area contributed by atoms with Crippen LogP contribution in [0.1, 0.15) is 38.3 Å². The van der Waals surface area contributed by atoms with E-state index in [0.717, 1.165) is 31.6 Å². The fourth-order valence-electron chi connectivity index (χ4n) is 2.95. The Morgan fingerprint density at radius 2 is 2.06 bits per heavy atom. The van der Waals surface area contributed by atoms with E-state index in [4.69, 9.17) is 0 Å². The Bertz CT molecular complexity index is 375. The van der Waals surface area contributed by atoms with Crippen LogP contribution in [0.5, 0.6) is 0 Å². The third kappa shape index (κ3) is 3.56. The minimum absolute atomic E-state index is 0.734. The summed E-state index contributed by atoms with van der Waals surface area (Å²) >= 11 is 0. The molecule has 1 N–H and O–H groups in total. The van der Waals surface area contributed by atoms with Crippen LogP contribution in [-0.2, 0) is 13.1 Å². The molecule has 0 saturated carbocycles. The lowest BCUT2D eigenvalue weighted by molar-refractivity contribution is 0.256. The van der Waals surface area contributed by atoms with Gasteiger partial charge in [-0.2, -0.15) is 0 Å². The molecule has 0 aromatic heterocycles. The van der Waals surface area contributed by atoms with Crippen molar-refractivity contribution in [3.05, 3.63) is 35.4 Å². The number of nitrogens with zero attached hydrogens (tertiary/aromatic N) is 1. The fourth-order valence-corrected chi connectivity index (χ4v) is 2.95. The molecule has 0 aliphatic carbocycles. The van der Waals surface area contributed by atoms with Crippen molar-refractivity contribution < 1.29 is 0 Å². The SMILES string of the molecule is CCNCc1cccc(CN2CC(C)CC2C)c1. The van der Waals surface area contributed by atoms with Gasteiger partial charge in [-0.15, -0.1) is 0 Å². The summed E-state index contributed by atoms with van der Waals surface area (Å²) in [4.78, 5) is 2.61. The molecule has 0 amide bonds. The van der Waals surface area contributed by atoms with Gasteiger partial charge in [0.2, 0.25) is 0 Å². The summed E-state index contributed by atoms with van der Waals surface area (Å²) in [6.45, 7) is 11.2. The van der Waals surface area contributed by atoms with Crippen molar-refractivity contribution in [1.29, 1.82) is 0 Å². The van der Waals surface area contributed by atoms with Gasteiger partial charge in [-0.3, -0.25) is 4.90 Å². The number of benzene rings is 1. The van der Waals surface area contributed by atoms with Crippen molar-refractivity contribution in [2.75, 3.05) is 13.1 Å². The lowest BCUT2D eigenvalue weighted by atomic mass is 10.1. The van der Waals surface area contributed by atoms with Crippen LogP contribution in [0.2, 0.25) is 0 Å². The molecule has 2 atom stereocenters. The molecule has 0 radical (unpaired) electrons. The first kappa shape index (κ1) is 13.6. The molecule has 1 aromatic rings. The first-order valence-electron chi connectivity index (χ1n) is 7.21. The van der Waals surface area contributed by atoms with Gasteiger partial charge in [0.25, 0.3) is 0 Å². The third-order valence-electron chi connectivity index (χ3n) is 3.87. The normalized spacial score (nSPS) is 24.6. The molecule has 2 heteroatoms. The van der Waals surface area contributed by atoms with Crippen LogP contribution in [0.25, 0.3) is 0 Å². The lowest BCUT2D eigenvalue weighted by Gasteiger charge is -2.21. The quantitative estimate of drug-likeness (QED) is 0.859. The van der Waals surface area contributed by atoms with E-state index in [-0.39, 0.29) is 0 Å². The maximum Gasteiger partial charge on any atom is 0.0236 e. The van der Waals surface area contributed by atoms with Crippen LogP contribution in [-0.4, -0.2) is 24.0 Å². The Morgan fingerprint density at radius 1 is 1.28 bits per heavy atom. The molecule has 1 fully saturated rings. The highest BCUT2D eigenvalue weighted by molar-refractivity contribution is 5.23. The molecule has 18 heavy (non-hydrogen) atoms. The molecule has 2 rings (SSSR count). The number of rotatable bonds is 5. The molecule has 1 aliphatic rings. The molecule has 0 spiro atoms. The predicted octanol–water partition coefficient (Wildman–Crippen LogP) is 3.03. The Kier molecular flexibility index (Phi) is 4.79. The molecule has 1 heterocycles. The second kappa shape index (κ2) is 6.35. The third-order valence-corrected chi connectivity index (χ3v) is 3.87. The van der Waals surface area contributed by atoms with Crippen molar-refractivity contribution in [2.45, 2.75) is 46.3 Å². The zero-order valence-electron chi connectivity index (χ0n) is 11.9. The van der Waals surface area contributed by atoms with Gasteiger partial charge in [-0.1, -0.05) is 38.1 Å². The second-order valence-corrected chi connectivity index (χ2v) is 5.72. The second-order valence-electron chi connectivity index (χ2n) is 5.72. The number of hydrogen-bond acceptors (Lipinski definition) is 2. The fraction of sp³-hybridized carbons (Fsp3) is 0.625. The first-order chi connectivity index (χ1) is 8.69. The molecular weight excluding hydrogens is 220 g/mol. The van der Waals surface area contributed by atoms with Crippen LogP contribution >= 0.6 is 0 Å². The highest BCUT2D eigenvalue weighted by atomic mass is 15.2. The molecular formula is C16H26N2. The Morgan fingerprint density at radius 3 is 2.72 bits per heavy atom. The molecule has 100 valence electrons. The van der Waals surface area contributed by atoms with E-state index < -0.39 is 0 Å². The van der Waals surface area contributed by atoms with E-state index >= 15 is 0 Å². The Balaban J connectivity index is 1.96. The van der Waals surface area contributed by atoms with Gasteiger partial charge in [0.1, 0.15) is 0 Å². The van der Waals surface area contributed by atoms with Crippen molar-refractivity contribution in [2.24, 2.45) is 5.92 Å². The smallest absolute Gasteiger partial charge is 0.0236 e. The number of hydrogen-bond donors (Lipinski definition) is 1. The standard InChI is InChI=1S/C16H26N2/c1-4-17-10-15-6-5-7-16(9-15)12-18-11-13(2)8-14(18)3/h5-7,9,13-14,17H,4,8,10-12H2,1-3H3. The minimum Gasteiger partial charge on any atom is -0.313 e. The summed E-state index contributed by atoms with van der Waals surface area (Å²) in [6, 6.07) is 9.73. The summed E-state index contributed by atoms with van der Waals surface area (Å²) in [6.07, 6.45) is 1.34. The molecule has 0 bridgehead atoms. The van der Waals surface area contributed by atoms with E-state index in [1.165, 1.54) is 24.1 Å². The van der Waals surface area contributed by atoms with Gasteiger partial charge in [-0.05, 0) is 36.9 Å². The Hall–Kier alpha value is -0.860. The van der Waals surface area contributed by atoms with Crippen molar-refractivity contribution >= 4 is 0 Å². The molecule has 1 aromatic carbocycles. The topological polar surface area (TPSA) is 15.3 Å². The van der Waals surface area contributed by atoms with Gasteiger partial charge in [-0.25, -0.2) is 0 Å². The van der Waals surface area contributed by atoms with E-state index in [1.54, 1.807) is 0 Å². The number of likely N-dealkylation sites (tertiary alicyclic amines) is 1. The van der Waals surface area contributed by atoms with Crippen molar-refractivity contribution in [3.63, 3.8) is 0 Å².